The topological polar surface area (TPSA) is 76.0 Å². The molecule has 0 unspecified atom stereocenters. The number of rotatable bonds is 2. The van der Waals surface area contributed by atoms with Crippen molar-refractivity contribution in [2.45, 2.75) is 26.2 Å². The van der Waals surface area contributed by atoms with Crippen LogP contribution in [0.25, 0.3) is 10.7 Å². The SMILES string of the molecule is CC(C)(C)c1nc(-c2ccncn2)sc1C(=O)O. The Balaban J connectivity index is 2.57. The summed E-state index contributed by atoms with van der Waals surface area (Å²) in [6.07, 6.45) is 3.04. The summed E-state index contributed by atoms with van der Waals surface area (Å²) < 4.78 is 0. The third-order valence-electron chi connectivity index (χ3n) is 2.33. The lowest BCUT2D eigenvalue weighted by molar-refractivity contribution is 0.0699. The predicted octanol–water partition coefficient (Wildman–Crippen LogP) is 2.60. The van der Waals surface area contributed by atoms with Gasteiger partial charge in [0.2, 0.25) is 0 Å². The quantitative estimate of drug-likeness (QED) is 0.901. The van der Waals surface area contributed by atoms with Crippen molar-refractivity contribution in [1.82, 2.24) is 15.0 Å². The largest absolute Gasteiger partial charge is 0.477 e. The molecule has 0 radical (unpaired) electrons. The first-order valence-corrected chi connectivity index (χ1v) is 6.22. The number of hydrogen-bond donors (Lipinski definition) is 1. The highest BCUT2D eigenvalue weighted by atomic mass is 32.1. The molecule has 5 nitrogen and oxygen atoms in total. The molecule has 2 aromatic heterocycles. The van der Waals surface area contributed by atoms with Crippen molar-refractivity contribution in [3.63, 3.8) is 0 Å². The molecule has 0 bridgehead atoms. The molecule has 1 N–H and O–H groups in total. The van der Waals surface area contributed by atoms with Crippen LogP contribution in [0.5, 0.6) is 0 Å². The number of thiazole rings is 1. The first-order valence-electron chi connectivity index (χ1n) is 5.40. The van der Waals surface area contributed by atoms with Gasteiger partial charge in [-0.2, -0.15) is 0 Å². The molecule has 0 aromatic carbocycles. The fourth-order valence-electron chi connectivity index (χ4n) is 1.50. The average Bonchev–Trinajstić information content (AvgIpc) is 2.74. The van der Waals surface area contributed by atoms with E-state index >= 15 is 0 Å². The maximum atomic E-state index is 11.3. The Bertz CT molecular complexity index is 573. The molecule has 0 atom stereocenters. The van der Waals surface area contributed by atoms with Crippen molar-refractivity contribution < 1.29 is 9.90 Å². The van der Waals surface area contributed by atoms with Crippen molar-refractivity contribution in [2.24, 2.45) is 0 Å². The van der Waals surface area contributed by atoms with E-state index < -0.39 is 5.97 Å². The molecule has 94 valence electrons. The molecule has 18 heavy (non-hydrogen) atoms. The van der Waals surface area contributed by atoms with Gasteiger partial charge in [-0.05, 0) is 6.07 Å². The van der Waals surface area contributed by atoms with Gasteiger partial charge in [-0.3, -0.25) is 0 Å². The second kappa shape index (κ2) is 4.45. The summed E-state index contributed by atoms with van der Waals surface area (Å²) in [4.78, 5) is 23.9. The Morgan fingerprint density at radius 2 is 2.11 bits per heavy atom. The zero-order chi connectivity index (χ0) is 13.3. The van der Waals surface area contributed by atoms with Crippen molar-refractivity contribution in [2.75, 3.05) is 0 Å². The van der Waals surface area contributed by atoms with Crippen LogP contribution < -0.4 is 0 Å². The molecule has 0 aliphatic carbocycles. The summed E-state index contributed by atoms with van der Waals surface area (Å²) in [5.41, 5.74) is 0.928. The van der Waals surface area contributed by atoms with Crippen LogP contribution >= 0.6 is 11.3 Å². The predicted molar refractivity (Wildman–Crippen MR) is 68.8 cm³/mol. The Morgan fingerprint density at radius 1 is 1.39 bits per heavy atom. The smallest absolute Gasteiger partial charge is 0.347 e. The van der Waals surface area contributed by atoms with Gasteiger partial charge in [-0.1, -0.05) is 20.8 Å². The minimum atomic E-state index is -0.947. The molecular weight excluding hydrogens is 250 g/mol. The van der Waals surface area contributed by atoms with E-state index in [4.69, 9.17) is 0 Å². The lowest BCUT2D eigenvalue weighted by atomic mass is 9.91. The van der Waals surface area contributed by atoms with Crippen molar-refractivity contribution in [1.29, 1.82) is 0 Å². The van der Waals surface area contributed by atoms with Crippen molar-refractivity contribution >= 4 is 17.3 Å². The summed E-state index contributed by atoms with van der Waals surface area (Å²) in [7, 11) is 0. The van der Waals surface area contributed by atoms with Crippen LogP contribution in [-0.2, 0) is 5.41 Å². The monoisotopic (exact) mass is 263 g/mol. The molecule has 6 heteroatoms. The molecule has 0 amide bonds. The Morgan fingerprint density at radius 3 is 2.56 bits per heavy atom. The number of hydrogen-bond acceptors (Lipinski definition) is 5. The highest BCUT2D eigenvalue weighted by Gasteiger charge is 2.27. The summed E-state index contributed by atoms with van der Waals surface area (Å²) in [5.74, 6) is -0.947. The van der Waals surface area contributed by atoms with E-state index in [1.165, 1.54) is 6.33 Å². The van der Waals surface area contributed by atoms with Crippen LogP contribution in [0.4, 0.5) is 0 Å². The summed E-state index contributed by atoms with van der Waals surface area (Å²) >= 11 is 1.15. The van der Waals surface area contributed by atoms with Gasteiger partial charge in [-0.25, -0.2) is 19.7 Å². The van der Waals surface area contributed by atoms with E-state index in [1.807, 2.05) is 20.8 Å². The van der Waals surface area contributed by atoms with Crippen LogP contribution in [0.1, 0.15) is 36.1 Å². The highest BCUT2D eigenvalue weighted by molar-refractivity contribution is 7.17. The van der Waals surface area contributed by atoms with Crippen LogP contribution in [-0.4, -0.2) is 26.0 Å². The molecule has 0 saturated carbocycles. The van der Waals surface area contributed by atoms with Gasteiger partial charge >= 0.3 is 5.97 Å². The standard InChI is InChI=1S/C12H13N3O2S/c1-12(2,3)9-8(11(16)17)18-10(15-9)7-4-5-13-6-14-7/h4-6H,1-3H3,(H,16,17). The summed E-state index contributed by atoms with van der Waals surface area (Å²) in [6.45, 7) is 5.83. The maximum absolute atomic E-state index is 11.3. The zero-order valence-corrected chi connectivity index (χ0v) is 11.2. The number of carboxylic acids is 1. The van der Waals surface area contributed by atoms with E-state index in [0.29, 0.717) is 16.4 Å². The Kier molecular flexibility index (Phi) is 3.13. The molecular formula is C12H13N3O2S. The van der Waals surface area contributed by atoms with E-state index in [0.717, 1.165) is 11.3 Å². The third kappa shape index (κ3) is 2.38. The Labute approximate surface area is 109 Å². The van der Waals surface area contributed by atoms with Crippen LogP contribution in [0.15, 0.2) is 18.6 Å². The zero-order valence-electron chi connectivity index (χ0n) is 10.3. The first kappa shape index (κ1) is 12.6. The van der Waals surface area contributed by atoms with E-state index in [2.05, 4.69) is 15.0 Å². The molecule has 2 aromatic rings. The first-order chi connectivity index (χ1) is 8.39. The average molecular weight is 263 g/mol. The minimum absolute atomic E-state index is 0.274. The van der Waals surface area contributed by atoms with Gasteiger partial charge in [0.15, 0.2) is 0 Å². The molecule has 0 spiro atoms. The number of carbonyl (C=O) groups is 1. The van der Waals surface area contributed by atoms with Crippen molar-refractivity contribution in [3.05, 3.63) is 29.2 Å². The van der Waals surface area contributed by atoms with Gasteiger partial charge in [0.05, 0.1) is 5.69 Å². The van der Waals surface area contributed by atoms with Crippen LogP contribution in [0.2, 0.25) is 0 Å². The van der Waals surface area contributed by atoms with Gasteiger partial charge in [-0.15, -0.1) is 11.3 Å². The minimum Gasteiger partial charge on any atom is -0.477 e. The second-order valence-corrected chi connectivity index (χ2v) is 5.85. The normalized spacial score (nSPS) is 11.5. The summed E-state index contributed by atoms with van der Waals surface area (Å²) in [6, 6.07) is 1.72. The van der Waals surface area contributed by atoms with Gasteiger partial charge < -0.3 is 5.11 Å². The highest BCUT2D eigenvalue weighted by Crippen LogP contribution is 2.33. The van der Waals surface area contributed by atoms with Gasteiger partial charge in [0.25, 0.3) is 0 Å². The maximum Gasteiger partial charge on any atom is 0.347 e. The second-order valence-electron chi connectivity index (χ2n) is 4.85. The Hall–Kier alpha value is -1.82. The lowest BCUT2D eigenvalue weighted by Gasteiger charge is -2.15. The fraction of sp³-hybridized carbons (Fsp3) is 0.333. The molecule has 2 heterocycles. The van der Waals surface area contributed by atoms with Crippen LogP contribution in [0, 0.1) is 0 Å². The van der Waals surface area contributed by atoms with E-state index in [-0.39, 0.29) is 10.3 Å². The molecule has 0 aliphatic rings. The lowest BCUT2D eigenvalue weighted by Crippen LogP contribution is -2.16. The summed E-state index contributed by atoms with van der Waals surface area (Å²) in [5, 5.41) is 9.84. The molecule has 0 aliphatic heterocycles. The van der Waals surface area contributed by atoms with Crippen molar-refractivity contribution in [3.8, 4) is 10.7 Å². The fourth-order valence-corrected chi connectivity index (χ4v) is 2.59. The molecule has 2 rings (SSSR count). The van der Waals surface area contributed by atoms with E-state index in [1.54, 1.807) is 12.3 Å². The number of aromatic carboxylic acids is 1. The number of aromatic nitrogens is 3. The van der Waals surface area contributed by atoms with Crippen LogP contribution in [0.3, 0.4) is 0 Å². The molecule has 0 saturated heterocycles. The van der Waals surface area contributed by atoms with E-state index in [9.17, 15) is 9.90 Å². The third-order valence-corrected chi connectivity index (χ3v) is 3.40. The molecule has 0 fully saturated rings. The number of carboxylic acid groups (broad SMARTS) is 1. The number of nitrogens with zero attached hydrogens (tertiary/aromatic N) is 3. The van der Waals surface area contributed by atoms with Gasteiger partial charge in [0, 0.05) is 11.6 Å². The van der Waals surface area contributed by atoms with Gasteiger partial charge in [0.1, 0.15) is 21.9 Å².